The maximum atomic E-state index is 12.3. The van der Waals surface area contributed by atoms with Crippen LogP contribution in [-0.4, -0.2) is 52.5 Å². The van der Waals surface area contributed by atoms with E-state index in [1.54, 1.807) is 11.3 Å². The molecule has 0 saturated carbocycles. The number of amides is 1. The molecule has 0 spiro atoms. The molecule has 2 aromatic rings. The number of rotatable bonds is 4. The second kappa shape index (κ2) is 6.39. The number of fused-ring (bicyclic) bond motifs is 1. The van der Waals surface area contributed by atoms with Gasteiger partial charge in [0.05, 0.1) is 23.4 Å². The van der Waals surface area contributed by atoms with Crippen LogP contribution in [0, 0.1) is 0 Å². The molecule has 2 fully saturated rings. The van der Waals surface area contributed by atoms with Gasteiger partial charge in [0.15, 0.2) is 0 Å². The van der Waals surface area contributed by atoms with Crippen molar-refractivity contribution in [1.29, 1.82) is 0 Å². The zero-order valence-electron chi connectivity index (χ0n) is 12.8. The van der Waals surface area contributed by atoms with Gasteiger partial charge in [-0.05, 0) is 5.56 Å². The topological polar surface area (TPSA) is 45.7 Å². The van der Waals surface area contributed by atoms with Gasteiger partial charge in [0.1, 0.15) is 6.61 Å². The van der Waals surface area contributed by atoms with Crippen molar-refractivity contribution < 1.29 is 9.53 Å². The van der Waals surface area contributed by atoms with Gasteiger partial charge in [-0.3, -0.25) is 9.69 Å². The molecule has 4 rings (SSSR count). The Bertz CT molecular complexity index is 662. The fourth-order valence-corrected chi connectivity index (χ4v) is 3.95. The van der Waals surface area contributed by atoms with E-state index in [-0.39, 0.29) is 24.7 Å². The number of carbonyl (C=O) groups is 1. The molecule has 0 radical (unpaired) electrons. The highest BCUT2D eigenvalue weighted by atomic mass is 32.1. The van der Waals surface area contributed by atoms with Crippen LogP contribution in [0.5, 0.6) is 0 Å². The third-order valence-electron chi connectivity index (χ3n) is 4.52. The molecular weight excluding hydrogens is 310 g/mol. The van der Waals surface area contributed by atoms with E-state index in [9.17, 15) is 4.79 Å². The number of carbonyl (C=O) groups excluding carboxylic acids is 1. The second-order valence-electron chi connectivity index (χ2n) is 6.10. The number of likely N-dealkylation sites (tertiary alicyclic amines) is 1. The third kappa shape index (κ3) is 3.15. The molecule has 1 amide bonds. The van der Waals surface area contributed by atoms with Crippen molar-refractivity contribution in [2.45, 2.75) is 25.2 Å². The van der Waals surface area contributed by atoms with Crippen LogP contribution in [0.3, 0.4) is 0 Å². The fraction of sp³-hybridized carbons (Fsp3) is 0.412. The third-order valence-corrected chi connectivity index (χ3v) is 5.15. The highest BCUT2D eigenvalue weighted by molar-refractivity contribution is 7.07. The molecule has 2 atom stereocenters. The minimum Gasteiger partial charge on any atom is -0.365 e. The van der Waals surface area contributed by atoms with Crippen LogP contribution < -0.4 is 0 Å². The first-order valence-electron chi connectivity index (χ1n) is 7.84. The maximum Gasteiger partial charge on any atom is 0.249 e. The van der Waals surface area contributed by atoms with Crippen molar-refractivity contribution >= 4 is 17.2 Å². The lowest BCUT2D eigenvalue weighted by molar-refractivity contribution is -0.153. The largest absolute Gasteiger partial charge is 0.365 e. The Hall–Kier alpha value is -1.76. The number of thiazole rings is 1. The molecule has 23 heavy (non-hydrogen) atoms. The minimum absolute atomic E-state index is 0.0885. The van der Waals surface area contributed by atoms with Crippen molar-refractivity contribution in [2.75, 3.05) is 19.7 Å². The molecule has 2 aliphatic heterocycles. The maximum absolute atomic E-state index is 12.3. The van der Waals surface area contributed by atoms with Crippen molar-refractivity contribution in [3.05, 3.63) is 52.5 Å². The summed E-state index contributed by atoms with van der Waals surface area (Å²) in [5.74, 6) is 0.0885. The smallest absolute Gasteiger partial charge is 0.249 e. The zero-order valence-corrected chi connectivity index (χ0v) is 13.6. The lowest BCUT2D eigenvalue weighted by Crippen LogP contribution is -2.53. The van der Waals surface area contributed by atoms with Crippen molar-refractivity contribution in [3.63, 3.8) is 0 Å². The molecule has 0 bridgehead atoms. The number of morpholine rings is 1. The summed E-state index contributed by atoms with van der Waals surface area (Å²) in [5, 5.41) is 2.08. The summed E-state index contributed by atoms with van der Waals surface area (Å²) >= 11 is 1.62. The molecule has 1 aromatic heterocycles. The number of aromatic nitrogens is 1. The molecule has 0 unspecified atom stereocenters. The normalized spacial score (nSPS) is 24.9. The Morgan fingerprint density at radius 3 is 2.87 bits per heavy atom. The Kier molecular flexibility index (Phi) is 4.11. The summed E-state index contributed by atoms with van der Waals surface area (Å²) in [6, 6.07) is 10.3. The summed E-state index contributed by atoms with van der Waals surface area (Å²) in [7, 11) is 0. The first kappa shape index (κ1) is 14.8. The van der Waals surface area contributed by atoms with E-state index in [1.807, 2.05) is 28.6 Å². The van der Waals surface area contributed by atoms with Gasteiger partial charge in [-0.25, -0.2) is 4.98 Å². The molecule has 120 valence electrons. The summed E-state index contributed by atoms with van der Waals surface area (Å²) < 4.78 is 5.78. The van der Waals surface area contributed by atoms with E-state index < -0.39 is 0 Å². The fourth-order valence-electron chi connectivity index (χ4n) is 3.40. The molecule has 2 saturated heterocycles. The molecule has 0 aliphatic carbocycles. The van der Waals surface area contributed by atoms with Crippen LogP contribution in [0.1, 0.15) is 11.3 Å². The van der Waals surface area contributed by atoms with E-state index in [4.69, 9.17) is 4.74 Å². The van der Waals surface area contributed by atoms with Gasteiger partial charge in [0.25, 0.3) is 0 Å². The van der Waals surface area contributed by atoms with Crippen LogP contribution in [0.2, 0.25) is 0 Å². The van der Waals surface area contributed by atoms with Gasteiger partial charge in [-0.15, -0.1) is 11.3 Å². The summed E-state index contributed by atoms with van der Waals surface area (Å²) in [5.41, 5.74) is 4.12. The highest BCUT2D eigenvalue weighted by Crippen LogP contribution is 2.26. The van der Waals surface area contributed by atoms with Crippen LogP contribution in [0.25, 0.3) is 0 Å². The highest BCUT2D eigenvalue weighted by Gasteiger charge is 2.43. The monoisotopic (exact) mass is 329 g/mol. The second-order valence-corrected chi connectivity index (χ2v) is 6.82. The van der Waals surface area contributed by atoms with Crippen LogP contribution in [-0.2, 0) is 22.6 Å². The Morgan fingerprint density at radius 1 is 1.22 bits per heavy atom. The standard InChI is InChI=1S/C17H19N3O2S/c21-17-10-22-16-9-19(7-14-11-23-12-18-14)8-15(16)20(17)6-13-4-2-1-3-5-13/h1-5,11-12,15-16H,6-10H2/t15-,16-/m1/s1. The first-order chi connectivity index (χ1) is 11.3. The Balaban J connectivity index is 1.47. The summed E-state index contributed by atoms with van der Waals surface area (Å²) in [6.07, 6.45) is 0.107. The predicted octanol–water partition coefficient (Wildman–Crippen LogP) is 1.75. The van der Waals surface area contributed by atoms with Gasteiger partial charge in [0.2, 0.25) is 5.91 Å². The van der Waals surface area contributed by atoms with Gasteiger partial charge >= 0.3 is 0 Å². The van der Waals surface area contributed by atoms with Crippen LogP contribution in [0.15, 0.2) is 41.2 Å². The van der Waals surface area contributed by atoms with E-state index in [2.05, 4.69) is 27.4 Å². The Labute approximate surface area is 139 Å². The van der Waals surface area contributed by atoms with Gasteiger partial charge in [0, 0.05) is 31.6 Å². The zero-order chi connectivity index (χ0) is 15.6. The number of ether oxygens (including phenoxy) is 1. The molecular formula is C17H19N3O2S. The summed E-state index contributed by atoms with van der Waals surface area (Å²) in [4.78, 5) is 21.0. The number of hydrogen-bond donors (Lipinski definition) is 0. The van der Waals surface area contributed by atoms with Crippen LogP contribution >= 0.6 is 11.3 Å². The van der Waals surface area contributed by atoms with Gasteiger partial charge < -0.3 is 9.64 Å². The number of nitrogens with zero attached hydrogens (tertiary/aromatic N) is 3. The van der Waals surface area contributed by atoms with E-state index in [0.717, 1.165) is 25.3 Å². The molecule has 2 aliphatic rings. The number of hydrogen-bond acceptors (Lipinski definition) is 5. The van der Waals surface area contributed by atoms with E-state index >= 15 is 0 Å². The van der Waals surface area contributed by atoms with E-state index in [1.165, 1.54) is 5.56 Å². The number of benzene rings is 1. The lowest BCUT2D eigenvalue weighted by Gasteiger charge is -2.36. The predicted molar refractivity (Wildman–Crippen MR) is 87.9 cm³/mol. The molecule has 3 heterocycles. The average Bonchev–Trinajstić information content (AvgIpc) is 3.21. The Morgan fingerprint density at radius 2 is 2.09 bits per heavy atom. The quantitative estimate of drug-likeness (QED) is 0.857. The first-order valence-corrected chi connectivity index (χ1v) is 8.78. The molecule has 5 nitrogen and oxygen atoms in total. The van der Waals surface area contributed by atoms with E-state index in [0.29, 0.717) is 6.54 Å². The minimum atomic E-state index is 0.0885. The van der Waals surface area contributed by atoms with Crippen molar-refractivity contribution in [3.8, 4) is 0 Å². The molecule has 6 heteroatoms. The van der Waals surface area contributed by atoms with Crippen molar-refractivity contribution in [2.24, 2.45) is 0 Å². The molecule has 0 N–H and O–H groups in total. The molecule has 1 aromatic carbocycles. The van der Waals surface area contributed by atoms with Crippen LogP contribution in [0.4, 0.5) is 0 Å². The SMILES string of the molecule is O=C1CO[C@@H]2CN(Cc3cscn3)C[C@H]2N1Cc1ccccc1. The average molecular weight is 329 g/mol. The van der Waals surface area contributed by atoms with Gasteiger partial charge in [-0.1, -0.05) is 30.3 Å². The van der Waals surface area contributed by atoms with Crippen molar-refractivity contribution in [1.82, 2.24) is 14.8 Å². The van der Waals surface area contributed by atoms with Gasteiger partial charge in [-0.2, -0.15) is 0 Å². The summed E-state index contributed by atoms with van der Waals surface area (Å²) in [6.45, 7) is 3.39. The lowest BCUT2D eigenvalue weighted by atomic mass is 10.1.